The van der Waals surface area contributed by atoms with Crippen molar-refractivity contribution in [3.05, 3.63) is 65.6 Å². The molecule has 0 N–H and O–H groups in total. The van der Waals surface area contributed by atoms with Gasteiger partial charge in [0.25, 0.3) is 0 Å². The molecule has 14 heteroatoms. The molecule has 2 aromatic carbocycles. The van der Waals surface area contributed by atoms with Gasteiger partial charge in [-0.1, -0.05) is 48.0 Å². The molecule has 0 aliphatic carbocycles. The second kappa shape index (κ2) is 15.3. The van der Waals surface area contributed by atoms with Crippen LogP contribution in [0.3, 0.4) is 0 Å². The number of hydrogen-bond acceptors (Lipinski definition) is 10. The van der Waals surface area contributed by atoms with E-state index in [0.29, 0.717) is 59.8 Å². The van der Waals surface area contributed by atoms with E-state index in [0.717, 1.165) is 44.3 Å². The molecule has 0 spiro atoms. The van der Waals surface area contributed by atoms with E-state index >= 15 is 4.39 Å². The number of hydrogen-bond donors (Lipinski definition) is 0. The zero-order valence-corrected chi connectivity index (χ0v) is 31.0. The maximum absolute atomic E-state index is 16.9. The second-order valence-electron chi connectivity index (χ2n) is 14.8. The molecule has 4 aliphatic heterocycles. The molecule has 0 unspecified atom stereocenters. The number of anilines is 1. The minimum absolute atomic E-state index is 0.0236. The molecule has 0 bridgehead atoms. The van der Waals surface area contributed by atoms with Gasteiger partial charge >= 0.3 is 6.01 Å². The highest BCUT2D eigenvalue weighted by atomic mass is 35.5. The van der Waals surface area contributed by atoms with Gasteiger partial charge in [0.15, 0.2) is 5.82 Å². The standard InChI is InChI=1S/C40H43ClF2N8O3/c1-53-29-12-17-48(24-29)15-4-10-33(52)51-19-18-49(23-28(51)11-14-44)38-31-21-45-36(30-8-2-6-26-7-3-9-32(41)34(26)30)35(43)37(31)46-39(47-38)54-25-40-13-5-16-50(40)22-27(42)20-40/h2-4,6-10,21,27-29H,5,11-13,15-20,22-25H2,1H3/b10-4+/t27-,28+,29-,40+/m1/s1. The highest BCUT2D eigenvalue weighted by molar-refractivity contribution is 6.36. The number of aromatic nitrogens is 3. The Hall–Kier alpha value is -4.48. The van der Waals surface area contributed by atoms with Crippen LogP contribution in [0.1, 0.15) is 32.1 Å². The number of carbonyl (C=O) groups is 1. The second-order valence-corrected chi connectivity index (χ2v) is 15.2. The molecule has 0 radical (unpaired) electrons. The summed E-state index contributed by atoms with van der Waals surface area (Å²) < 4.78 is 43.3. The van der Waals surface area contributed by atoms with Gasteiger partial charge in [-0.2, -0.15) is 15.2 Å². The van der Waals surface area contributed by atoms with Gasteiger partial charge in [0, 0.05) is 87.6 Å². The highest BCUT2D eigenvalue weighted by Gasteiger charge is 2.49. The first kappa shape index (κ1) is 36.5. The molecule has 4 fully saturated rings. The van der Waals surface area contributed by atoms with Crippen molar-refractivity contribution in [3.8, 4) is 23.3 Å². The summed E-state index contributed by atoms with van der Waals surface area (Å²) in [5.74, 6) is -0.420. The number of fused-ring (bicyclic) bond motifs is 3. The van der Waals surface area contributed by atoms with Crippen molar-refractivity contribution in [1.82, 2.24) is 29.7 Å². The van der Waals surface area contributed by atoms with Crippen molar-refractivity contribution in [2.45, 2.75) is 56.0 Å². The molecule has 4 aromatic rings. The Labute approximate surface area is 318 Å². The smallest absolute Gasteiger partial charge is 0.319 e. The van der Waals surface area contributed by atoms with Crippen LogP contribution in [0.5, 0.6) is 6.01 Å². The topological polar surface area (TPSA) is 111 Å². The van der Waals surface area contributed by atoms with E-state index in [1.807, 2.05) is 35.2 Å². The number of halogens is 3. The van der Waals surface area contributed by atoms with E-state index < -0.39 is 23.6 Å². The van der Waals surface area contributed by atoms with E-state index in [1.165, 1.54) is 0 Å². The van der Waals surface area contributed by atoms with Crippen molar-refractivity contribution in [2.24, 2.45) is 0 Å². The number of benzene rings is 2. The lowest BCUT2D eigenvalue weighted by Crippen LogP contribution is -2.55. The van der Waals surface area contributed by atoms with Gasteiger partial charge in [0.2, 0.25) is 5.91 Å². The number of likely N-dealkylation sites (tertiary alicyclic amines) is 1. The van der Waals surface area contributed by atoms with Crippen molar-refractivity contribution >= 4 is 45.0 Å². The molecular weight excluding hydrogens is 714 g/mol. The normalized spacial score (nSPS) is 24.9. The van der Waals surface area contributed by atoms with Crippen LogP contribution in [0.15, 0.2) is 54.7 Å². The maximum Gasteiger partial charge on any atom is 0.319 e. The Balaban J connectivity index is 1.12. The molecule has 4 atom stereocenters. The van der Waals surface area contributed by atoms with E-state index in [-0.39, 0.29) is 48.8 Å². The maximum atomic E-state index is 16.9. The van der Waals surface area contributed by atoms with Gasteiger partial charge < -0.3 is 19.3 Å². The predicted molar refractivity (Wildman–Crippen MR) is 203 cm³/mol. The number of carbonyl (C=O) groups excluding carboxylic acids is 1. The Bertz CT molecular complexity index is 2130. The van der Waals surface area contributed by atoms with Crippen molar-refractivity contribution in [3.63, 3.8) is 0 Å². The highest BCUT2D eigenvalue weighted by Crippen LogP contribution is 2.41. The first-order chi connectivity index (χ1) is 26.3. The van der Waals surface area contributed by atoms with Crippen LogP contribution in [-0.2, 0) is 9.53 Å². The summed E-state index contributed by atoms with van der Waals surface area (Å²) in [6.07, 6.45) is 7.47. The van der Waals surface area contributed by atoms with E-state index in [2.05, 4.69) is 25.8 Å². The van der Waals surface area contributed by atoms with Crippen molar-refractivity contribution in [1.29, 1.82) is 5.26 Å². The molecule has 4 saturated heterocycles. The van der Waals surface area contributed by atoms with Gasteiger partial charge in [0.1, 0.15) is 29.8 Å². The van der Waals surface area contributed by atoms with E-state index in [9.17, 15) is 14.4 Å². The fraction of sp³-hybridized carbons (Fsp3) is 0.475. The van der Waals surface area contributed by atoms with Crippen LogP contribution in [0.4, 0.5) is 14.6 Å². The molecule has 11 nitrogen and oxygen atoms in total. The number of methoxy groups -OCH3 is 1. The number of amides is 1. The minimum Gasteiger partial charge on any atom is -0.461 e. The van der Waals surface area contributed by atoms with Gasteiger partial charge in [0.05, 0.1) is 35.6 Å². The van der Waals surface area contributed by atoms with Crippen LogP contribution < -0.4 is 9.64 Å². The molecule has 1 amide bonds. The lowest BCUT2D eigenvalue weighted by molar-refractivity contribution is -0.128. The molecule has 4 aliphatic rings. The van der Waals surface area contributed by atoms with Gasteiger partial charge in [-0.05, 0) is 37.3 Å². The number of ether oxygens (including phenoxy) is 2. The fourth-order valence-corrected chi connectivity index (χ4v) is 9.11. The third-order valence-corrected chi connectivity index (χ3v) is 11.9. The lowest BCUT2D eigenvalue weighted by Gasteiger charge is -2.41. The van der Waals surface area contributed by atoms with E-state index in [1.54, 1.807) is 36.4 Å². The molecule has 282 valence electrons. The third-order valence-electron chi connectivity index (χ3n) is 11.6. The Morgan fingerprint density at radius 2 is 1.98 bits per heavy atom. The summed E-state index contributed by atoms with van der Waals surface area (Å²) in [5.41, 5.74) is 0.176. The van der Waals surface area contributed by atoms with Gasteiger partial charge in [-0.15, -0.1) is 0 Å². The largest absolute Gasteiger partial charge is 0.461 e. The summed E-state index contributed by atoms with van der Waals surface area (Å²) in [7, 11) is 1.72. The molecule has 6 heterocycles. The van der Waals surface area contributed by atoms with Crippen LogP contribution in [0.25, 0.3) is 32.9 Å². The Kier molecular flexibility index (Phi) is 10.4. The monoisotopic (exact) mass is 756 g/mol. The summed E-state index contributed by atoms with van der Waals surface area (Å²) in [6.45, 7) is 4.70. The summed E-state index contributed by atoms with van der Waals surface area (Å²) in [5, 5.41) is 12.2. The Morgan fingerprint density at radius 1 is 1.13 bits per heavy atom. The zero-order chi connectivity index (χ0) is 37.4. The van der Waals surface area contributed by atoms with Crippen LogP contribution in [0.2, 0.25) is 5.02 Å². The Morgan fingerprint density at radius 3 is 2.80 bits per heavy atom. The zero-order valence-electron chi connectivity index (χ0n) is 30.3. The SMILES string of the molecule is CO[C@@H]1CCN(C/C=C/C(=O)N2CCN(c3nc(OC[C@@]45CCCN4C[C@H](F)C5)nc4c(F)c(-c5cccc6cccc(Cl)c56)ncc34)C[C@@H]2CC#N)C1. The fourth-order valence-electron chi connectivity index (χ4n) is 8.83. The number of piperazine rings is 1. The number of nitrogens with zero attached hydrogens (tertiary/aromatic N) is 8. The average Bonchev–Trinajstić information content (AvgIpc) is 3.88. The lowest BCUT2D eigenvalue weighted by atomic mass is 9.95. The minimum atomic E-state index is -0.935. The molecular formula is C40H43ClF2N8O3. The third kappa shape index (κ3) is 6.96. The number of pyridine rings is 1. The van der Waals surface area contributed by atoms with Crippen LogP contribution in [-0.4, -0.2) is 125 Å². The summed E-state index contributed by atoms with van der Waals surface area (Å²) in [4.78, 5) is 35.6. The quantitative estimate of drug-likeness (QED) is 0.184. The summed E-state index contributed by atoms with van der Waals surface area (Å²) in [6, 6.07) is 12.8. The molecule has 2 aromatic heterocycles. The predicted octanol–water partition coefficient (Wildman–Crippen LogP) is 5.80. The number of nitriles is 1. The van der Waals surface area contributed by atoms with Crippen LogP contribution >= 0.6 is 11.6 Å². The first-order valence-corrected chi connectivity index (χ1v) is 19.0. The summed E-state index contributed by atoms with van der Waals surface area (Å²) >= 11 is 6.64. The average molecular weight is 757 g/mol. The van der Waals surface area contributed by atoms with Gasteiger partial charge in [-0.25, -0.2) is 8.78 Å². The number of rotatable bonds is 10. The number of alkyl halides is 1. The first-order valence-electron chi connectivity index (χ1n) is 18.7. The van der Waals surface area contributed by atoms with Crippen LogP contribution in [0, 0.1) is 17.1 Å². The molecule has 54 heavy (non-hydrogen) atoms. The van der Waals surface area contributed by atoms with E-state index in [4.69, 9.17) is 26.1 Å². The van der Waals surface area contributed by atoms with Crippen molar-refractivity contribution < 1.29 is 23.0 Å². The van der Waals surface area contributed by atoms with Gasteiger partial charge in [-0.3, -0.25) is 19.6 Å². The molecule has 8 rings (SSSR count). The molecule has 0 saturated carbocycles. The van der Waals surface area contributed by atoms with Crippen molar-refractivity contribution in [2.75, 3.05) is 71.0 Å².